The molecule has 14 rings (SSSR count). The van der Waals surface area contributed by atoms with Gasteiger partial charge in [0.1, 0.15) is 0 Å². The lowest BCUT2D eigenvalue weighted by atomic mass is 9.91. The predicted octanol–water partition coefficient (Wildman–Crippen LogP) is 17.4. The highest BCUT2D eigenvalue weighted by molar-refractivity contribution is 6.10. The summed E-state index contributed by atoms with van der Waals surface area (Å²) >= 11 is 0. The van der Waals surface area contributed by atoms with Crippen LogP contribution in [-0.2, 0) is 0 Å². The Kier molecular flexibility index (Phi) is 10.6. The lowest BCUT2D eigenvalue weighted by molar-refractivity contribution is 0.745. The molecule has 2 atom stereocenters. The molecule has 12 aromatic rings. The zero-order valence-corrected chi connectivity index (χ0v) is 40.4. The van der Waals surface area contributed by atoms with E-state index in [1.807, 2.05) is 18.2 Å². The van der Waals surface area contributed by atoms with Crippen LogP contribution < -0.4 is 4.90 Å². The van der Waals surface area contributed by atoms with E-state index >= 15 is 0 Å². The Hall–Kier alpha value is -9.71. The maximum Gasteiger partial charge on any atom is 0.164 e. The molecule has 5 nitrogen and oxygen atoms in total. The van der Waals surface area contributed by atoms with Gasteiger partial charge in [-0.3, -0.25) is 0 Å². The summed E-state index contributed by atoms with van der Waals surface area (Å²) in [5, 5.41) is 2.41. The first-order valence-electron chi connectivity index (χ1n) is 25.3. The molecule has 1 aliphatic heterocycles. The maximum atomic E-state index is 5.34. The van der Waals surface area contributed by atoms with Crippen LogP contribution in [0.2, 0.25) is 0 Å². The second kappa shape index (κ2) is 18.2. The number of hydrogen-bond donors (Lipinski definition) is 0. The van der Waals surface area contributed by atoms with Crippen molar-refractivity contribution in [3.63, 3.8) is 0 Å². The molecule has 348 valence electrons. The van der Waals surface area contributed by atoms with Crippen molar-refractivity contribution in [1.82, 2.24) is 19.5 Å². The molecular weight excluding hydrogens is 899 g/mol. The van der Waals surface area contributed by atoms with E-state index in [9.17, 15) is 0 Å². The molecule has 0 radical (unpaired) electrons. The minimum Gasteiger partial charge on any atom is -0.333 e. The Morgan fingerprint density at radius 1 is 0.297 bits per heavy atom. The number of rotatable bonds is 9. The lowest BCUT2D eigenvalue weighted by Gasteiger charge is -2.31. The Labute approximate surface area is 430 Å². The van der Waals surface area contributed by atoms with E-state index in [-0.39, 0.29) is 12.0 Å². The molecule has 0 amide bonds. The summed E-state index contributed by atoms with van der Waals surface area (Å²) in [5.41, 5.74) is 19.0. The quantitative estimate of drug-likeness (QED) is 0.145. The number of benzene rings is 10. The fraction of sp³-hybridized carbons (Fsp3) is 0.0290. The molecule has 1 aliphatic carbocycles. The SMILES string of the molecule is C1=CC2c3ccccc3N(c3ccc(-c4cccc(-c5ccccc5)c4)cc3-c3ccc(-c4nc(-c5ccccc5)nc(-c5ccc(-c6ccccc6)c(-n6c7ccccc7c7ccccc76)c5)n4)cc3)C2C=C1. The first kappa shape index (κ1) is 43.1. The summed E-state index contributed by atoms with van der Waals surface area (Å²) in [5.74, 6) is 2.08. The highest BCUT2D eigenvalue weighted by Gasteiger charge is 2.38. The number of aromatic nitrogens is 4. The average Bonchev–Trinajstić information content (AvgIpc) is 4.00. The molecule has 0 saturated carbocycles. The summed E-state index contributed by atoms with van der Waals surface area (Å²) in [7, 11) is 0. The van der Waals surface area contributed by atoms with Crippen LogP contribution in [0.1, 0.15) is 11.5 Å². The Morgan fingerprint density at radius 2 is 0.784 bits per heavy atom. The van der Waals surface area contributed by atoms with Gasteiger partial charge in [0, 0.05) is 55.9 Å². The van der Waals surface area contributed by atoms with Gasteiger partial charge < -0.3 is 9.47 Å². The van der Waals surface area contributed by atoms with E-state index in [0.717, 1.165) is 66.9 Å². The molecule has 0 spiro atoms. The maximum absolute atomic E-state index is 5.34. The lowest BCUT2D eigenvalue weighted by Crippen LogP contribution is -2.28. The van der Waals surface area contributed by atoms with Crippen molar-refractivity contribution >= 4 is 33.2 Å². The molecule has 2 aliphatic rings. The minimum absolute atomic E-state index is 0.153. The Morgan fingerprint density at radius 3 is 1.49 bits per heavy atom. The van der Waals surface area contributed by atoms with Crippen LogP contribution in [0.5, 0.6) is 0 Å². The highest BCUT2D eigenvalue weighted by atomic mass is 15.2. The third kappa shape index (κ3) is 7.53. The van der Waals surface area contributed by atoms with E-state index in [1.165, 1.54) is 38.7 Å². The van der Waals surface area contributed by atoms with Crippen molar-refractivity contribution in [3.8, 4) is 84.4 Å². The van der Waals surface area contributed by atoms with Crippen molar-refractivity contribution in [2.75, 3.05) is 4.90 Å². The molecule has 0 N–H and O–H groups in total. The van der Waals surface area contributed by atoms with Crippen molar-refractivity contribution in [1.29, 1.82) is 0 Å². The molecule has 0 saturated heterocycles. The van der Waals surface area contributed by atoms with Crippen molar-refractivity contribution in [2.24, 2.45) is 0 Å². The van der Waals surface area contributed by atoms with Gasteiger partial charge in [0.25, 0.3) is 0 Å². The normalized spacial score (nSPS) is 14.6. The van der Waals surface area contributed by atoms with Gasteiger partial charge in [-0.05, 0) is 81.4 Å². The fourth-order valence-electron chi connectivity index (χ4n) is 11.3. The second-order valence-electron chi connectivity index (χ2n) is 19.1. The second-order valence-corrected chi connectivity index (χ2v) is 19.1. The number of fused-ring (bicyclic) bond motifs is 6. The van der Waals surface area contributed by atoms with Crippen LogP contribution in [-0.4, -0.2) is 25.6 Å². The molecule has 74 heavy (non-hydrogen) atoms. The summed E-state index contributed by atoms with van der Waals surface area (Å²) in [6.45, 7) is 0. The smallest absolute Gasteiger partial charge is 0.164 e. The van der Waals surface area contributed by atoms with Gasteiger partial charge in [-0.1, -0.05) is 231 Å². The first-order chi connectivity index (χ1) is 36.7. The molecule has 3 heterocycles. The molecule has 0 bridgehead atoms. The molecule has 5 heteroatoms. The van der Waals surface area contributed by atoms with Crippen LogP contribution in [0.3, 0.4) is 0 Å². The van der Waals surface area contributed by atoms with Crippen molar-refractivity contribution in [3.05, 3.63) is 279 Å². The largest absolute Gasteiger partial charge is 0.333 e. The van der Waals surface area contributed by atoms with Crippen molar-refractivity contribution in [2.45, 2.75) is 12.0 Å². The van der Waals surface area contributed by atoms with Crippen LogP contribution in [0, 0.1) is 0 Å². The number of allylic oxidation sites excluding steroid dienone is 2. The molecule has 10 aromatic carbocycles. The molecular formula is C69H47N5. The predicted molar refractivity (Wildman–Crippen MR) is 306 cm³/mol. The van der Waals surface area contributed by atoms with Crippen molar-refractivity contribution < 1.29 is 0 Å². The summed E-state index contributed by atoms with van der Waals surface area (Å²) in [6.07, 6.45) is 9.06. The minimum atomic E-state index is 0.153. The zero-order chi connectivity index (χ0) is 49.0. The zero-order valence-electron chi connectivity index (χ0n) is 40.4. The van der Waals surface area contributed by atoms with E-state index < -0.39 is 0 Å². The standard InChI is InChI=1S/C69H47N5/c1-4-19-46(20-5-1)51-25-18-26-52(43-51)53-40-42-65(73-61-31-14-10-27-56(61)57-28-11-15-32-62(57)73)60(44-53)48-35-37-50(38-36-48)68-70-67(49-23-8-3-9-24-49)71-69(72-68)54-39-41-55(47-21-6-2-7-22-47)66(45-54)74-63-33-16-12-29-58(63)59-30-13-17-34-64(59)74/h1-45,56,61H. The van der Waals surface area contributed by atoms with Gasteiger partial charge in [-0.2, -0.15) is 0 Å². The summed E-state index contributed by atoms with van der Waals surface area (Å²) in [4.78, 5) is 18.3. The average molecular weight is 946 g/mol. The van der Waals surface area contributed by atoms with Gasteiger partial charge in [0.05, 0.1) is 22.8 Å². The highest BCUT2D eigenvalue weighted by Crippen LogP contribution is 2.51. The van der Waals surface area contributed by atoms with Gasteiger partial charge in [0.15, 0.2) is 17.5 Å². The van der Waals surface area contributed by atoms with Gasteiger partial charge in [0.2, 0.25) is 0 Å². The van der Waals surface area contributed by atoms with Crippen LogP contribution in [0.4, 0.5) is 11.4 Å². The molecule has 2 unspecified atom stereocenters. The van der Waals surface area contributed by atoms with Gasteiger partial charge in [-0.15, -0.1) is 0 Å². The third-order valence-corrected chi connectivity index (χ3v) is 14.8. The summed E-state index contributed by atoms with van der Waals surface area (Å²) in [6, 6.07) is 89.1. The van der Waals surface area contributed by atoms with E-state index in [0.29, 0.717) is 17.5 Å². The number of nitrogens with zero attached hydrogens (tertiary/aromatic N) is 5. The monoisotopic (exact) mass is 945 g/mol. The Balaban J connectivity index is 0.914. The van der Waals surface area contributed by atoms with Crippen LogP contribution in [0.15, 0.2) is 273 Å². The number of hydrogen-bond acceptors (Lipinski definition) is 4. The fourth-order valence-corrected chi connectivity index (χ4v) is 11.3. The van der Waals surface area contributed by atoms with Gasteiger partial charge in [-0.25, -0.2) is 15.0 Å². The molecule has 0 fully saturated rings. The topological polar surface area (TPSA) is 46.8 Å². The van der Waals surface area contributed by atoms with E-state index in [2.05, 4.69) is 264 Å². The Bertz CT molecular complexity index is 4080. The van der Waals surface area contributed by atoms with E-state index in [1.54, 1.807) is 0 Å². The number of para-hydroxylation sites is 3. The van der Waals surface area contributed by atoms with Crippen LogP contribution >= 0.6 is 0 Å². The van der Waals surface area contributed by atoms with E-state index in [4.69, 9.17) is 15.0 Å². The van der Waals surface area contributed by atoms with Crippen LogP contribution in [0.25, 0.3) is 106 Å². The first-order valence-corrected chi connectivity index (χ1v) is 25.3. The summed E-state index contributed by atoms with van der Waals surface area (Å²) < 4.78 is 2.39. The van der Waals surface area contributed by atoms with Gasteiger partial charge >= 0.3 is 0 Å². The molecule has 2 aromatic heterocycles. The number of anilines is 2. The third-order valence-electron chi connectivity index (χ3n) is 14.8.